The second-order valence-corrected chi connectivity index (χ2v) is 6.79. The van der Waals surface area contributed by atoms with Crippen LogP contribution in [0.5, 0.6) is 0 Å². The van der Waals surface area contributed by atoms with Crippen molar-refractivity contribution < 1.29 is 4.42 Å². The molecule has 3 aromatic rings. The van der Waals surface area contributed by atoms with Gasteiger partial charge in [0, 0.05) is 47.9 Å². The molecule has 1 aliphatic heterocycles. The van der Waals surface area contributed by atoms with Gasteiger partial charge < -0.3 is 9.32 Å². The summed E-state index contributed by atoms with van der Waals surface area (Å²) >= 11 is 0. The van der Waals surface area contributed by atoms with E-state index in [0.29, 0.717) is 11.6 Å². The normalized spacial score (nSPS) is 17.8. The fourth-order valence-corrected chi connectivity index (χ4v) is 3.69. The van der Waals surface area contributed by atoms with Gasteiger partial charge in [0.1, 0.15) is 17.4 Å². The molecule has 0 aliphatic carbocycles. The zero-order chi connectivity index (χ0) is 17.2. The van der Waals surface area contributed by atoms with Crippen LogP contribution in [0.2, 0.25) is 0 Å². The van der Waals surface area contributed by atoms with Crippen molar-refractivity contribution in [2.45, 2.75) is 32.2 Å². The largest absolute Gasteiger partial charge is 0.460 e. The maximum Gasteiger partial charge on any atom is 0.142 e. The molecule has 4 rings (SSSR count). The van der Waals surface area contributed by atoms with E-state index in [1.165, 1.54) is 19.4 Å². The highest BCUT2D eigenvalue weighted by Crippen LogP contribution is 2.31. The van der Waals surface area contributed by atoms with Gasteiger partial charge in [-0.05, 0) is 38.4 Å². The van der Waals surface area contributed by atoms with E-state index < -0.39 is 0 Å². The van der Waals surface area contributed by atoms with E-state index in [-0.39, 0.29) is 0 Å². The monoisotopic (exact) mass is 331 g/mol. The summed E-state index contributed by atoms with van der Waals surface area (Å²) < 4.78 is 6.18. The predicted octanol–water partition coefficient (Wildman–Crippen LogP) is 4.39. The lowest BCUT2D eigenvalue weighted by Gasteiger charge is -2.19. The van der Waals surface area contributed by atoms with Crippen LogP contribution in [0.15, 0.2) is 47.1 Å². The third kappa shape index (κ3) is 3.16. The molecule has 1 aromatic carbocycles. The van der Waals surface area contributed by atoms with Crippen LogP contribution in [0.4, 0.5) is 0 Å². The summed E-state index contributed by atoms with van der Waals surface area (Å²) in [6, 6.07) is 13.0. The van der Waals surface area contributed by atoms with E-state index in [4.69, 9.17) is 9.68 Å². The number of hydrogen-bond acceptors (Lipinski definition) is 4. The summed E-state index contributed by atoms with van der Waals surface area (Å²) in [5.74, 6) is 1.02. The second-order valence-electron chi connectivity index (χ2n) is 6.79. The molecule has 0 bridgehead atoms. The topological polar surface area (TPSA) is 53.1 Å². The number of likely N-dealkylation sites (tertiary alicyclic amines) is 1. The van der Waals surface area contributed by atoms with Crippen molar-refractivity contribution in [2.24, 2.45) is 0 Å². The van der Waals surface area contributed by atoms with Gasteiger partial charge in [0.05, 0.1) is 5.56 Å². The molecule has 1 aliphatic rings. The molecule has 3 heterocycles. The number of benzene rings is 1. The van der Waals surface area contributed by atoms with Gasteiger partial charge in [-0.25, -0.2) is 0 Å². The maximum absolute atomic E-state index is 9.10. The molecular weight excluding hydrogens is 310 g/mol. The highest BCUT2D eigenvalue weighted by molar-refractivity contribution is 5.92. The average molecular weight is 331 g/mol. The number of para-hydroxylation sites is 1. The number of hydrogen-bond donors (Lipinski definition) is 0. The SMILES string of the molecule is CC1CCCN1CCc1cc2cccc(-c3cncc(C#N)c3)c2o1. The Kier molecular flexibility index (Phi) is 4.25. The van der Waals surface area contributed by atoms with Crippen molar-refractivity contribution in [3.8, 4) is 17.2 Å². The van der Waals surface area contributed by atoms with Crippen molar-refractivity contribution in [2.75, 3.05) is 13.1 Å². The van der Waals surface area contributed by atoms with Gasteiger partial charge in [-0.3, -0.25) is 4.98 Å². The molecule has 0 amide bonds. The molecule has 126 valence electrons. The standard InChI is InChI=1S/C21H21N3O/c1-15-4-3-8-24(15)9-7-19-11-17-5-2-6-20(21(17)25-19)18-10-16(12-22)13-23-14-18/h2,5-6,10-11,13-15H,3-4,7-9H2,1H3. The quantitative estimate of drug-likeness (QED) is 0.711. The lowest BCUT2D eigenvalue weighted by molar-refractivity contribution is 0.266. The van der Waals surface area contributed by atoms with Crippen LogP contribution >= 0.6 is 0 Å². The van der Waals surface area contributed by atoms with Gasteiger partial charge in [-0.2, -0.15) is 5.26 Å². The van der Waals surface area contributed by atoms with Crippen molar-refractivity contribution in [3.05, 3.63) is 54.0 Å². The minimum Gasteiger partial charge on any atom is -0.460 e. The molecule has 1 unspecified atom stereocenters. The van der Waals surface area contributed by atoms with Crippen LogP contribution < -0.4 is 0 Å². The van der Waals surface area contributed by atoms with Crippen LogP contribution in [0.25, 0.3) is 22.1 Å². The number of pyridine rings is 1. The Labute approximate surface area is 147 Å². The fraction of sp³-hybridized carbons (Fsp3) is 0.333. The van der Waals surface area contributed by atoms with E-state index in [2.05, 4.69) is 35.0 Å². The Hall–Kier alpha value is -2.64. The number of nitrogens with zero attached hydrogens (tertiary/aromatic N) is 3. The molecule has 1 fully saturated rings. The molecule has 0 saturated carbocycles. The third-order valence-electron chi connectivity index (χ3n) is 5.11. The van der Waals surface area contributed by atoms with E-state index in [1.807, 2.05) is 18.2 Å². The van der Waals surface area contributed by atoms with Crippen molar-refractivity contribution in [1.82, 2.24) is 9.88 Å². The minimum atomic E-state index is 0.560. The maximum atomic E-state index is 9.10. The number of rotatable bonds is 4. The first-order valence-corrected chi connectivity index (χ1v) is 8.85. The molecule has 0 N–H and O–H groups in total. The van der Waals surface area contributed by atoms with Gasteiger partial charge in [0.2, 0.25) is 0 Å². The smallest absolute Gasteiger partial charge is 0.142 e. The lowest BCUT2D eigenvalue weighted by atomic mass is 10.0. The second kappa shape index (κ2) is 6.70. The minimum absolute atomic E-state index is 0.560. The first-order chi connectivity index (χ1) is 12.2. The Morgan fingerprint density at radius 1 is 1.32 bits per heavy atom. The summed E-state index contributed by atoms with van der Waals surface area (Å²) in [6.07, 6.45) is 6.88. The van der Waals surface area contributed by atoms with Gasteiger partial charge in [0.15, 0.2) is 0 Å². The molecule has 4 heteroatoms. The van der Waals surface area contributed by atoms with Crippen molar-refractivity contribution >= 4 is 11.0 Å². The van der Waals surface area contributed by atoms with Crippen LogP contribution in [0.1, 0.15) is 31.1 Å². The van der Waals surface area contributed by atoms with Gasteiger partial charge >= 0.3 is 0 Å². The highest BCUT2D eigenvalue weighted by Gasteiger charge is 2.20. The first-order valence-electron chi connectivity index (χ1n) is 8.85. The Morgan fingerprint density at radius 3 is 3.04 bits per heavy atom. The molecule has 2 aromatic heterocycles. The van der Waals surface area contributed by atoms with Crippen LogP contribution in [-0.4, -0.2) is 29.0 Å². The molecule has 1 atom stereocenters. The first kappa shape index (κ1) is 15.9. The fourth-order valence-electron chi connectivity index (χ4n) is 3.69. The molecule has 0 spiro atoms. The molecule has 1 saturated heterocycles. The number of nitriles is 1. The van der Waals surface area contributed by atoms with Crippen LogP contribution in [0.3, 0.4) is 0 Å². The summed E-state index contributed by atoms with van der Waals surface area (Å²) in [5, 5.41) is 10.2. The van der Waals surface area contributed by atoms with E-state index in [1.54, 1.807) is 12.4 Å². The van der Waals surface area contributed by atoms with Gasteiger partial charge in [-0.15, -0.1) is 0 Å². The third-order valence-corrected chi connectivity index (χ3v) is 5.11. The molecular formula is C21H21N3O. The molecule has 0 radical (unpaired) electrons. The lowest BCUT2D eigenvalue weighted by Crippen LogP contribution is -2.28. The Morgan fingerprint density at radius 2 is 2.24 bits per heavy atom. The summed E-state index contributed by atoms with van der Waals surface area (Å²) in [5.41, 5.74) is 3.34. The van der Waals surface area contributed by atoms with E-state index in [0.717, 1.165) is 40.8 Å². The Bertz CT molecular complexity index is 938. The summed E-state index contributed by atoms with van der Waals surface area (Å²) in [7, 11) is 0. The Balaban J connectivity index is 1.63. The van der Waals surface area contributed by atoms with E-state index in [9.17, 15) is 0 Å². The van der Waals surface area contributed by atoms with Gasteiger partial charge in [0.25, 0.3) is 0 Å². The summed E-state index contributed by atoms with van der Waals surface area (Å²) in [6.45, 7) is 4.54. The zero-order valence-corrected chi connectivity index (χ0v) is 14.4. The summed E-state index contributed by atoms with van der Waals surface area (Å²) in [4.78, 5) is 6.71. The molecule has 4 nitrogen and oxygen atoms in total. The van der Waals surface area contributed by atoms with Crippen molar-refractivity contribution in [1.29, 1.82) is 5.26 Å². The predicted molar refractivity (Wildman–Crippen MR) is 98.1 cm³/mol. The number of aromatic nitrogens is 1. The van der Waals surface area contributed by atoms with Gasteiger partial charge in [-0.1, -0.05) is 18.2 Å². The van der Waals surface area contributed by atoms with E-state index >= 15 is 0 Å². The number of furan rings is 1. The molecule has 25 heavy (non-hydrogen) atoms. The highest BCUT2D eigenvalue weighted by atomic mass is 16.3. The number of fused-ring (bicyclic) bond motifs is 1. The van der Waals surface area contributed by atoms with Crippen LogP contribution in [0, 0.1) is 11.3 Å². The average Bonchev–Trinajstić information content (AvgIpc) is 3.25. The van der Waals surface area contributed by atoms with Crippen LogP contribution in [-0.2, 0) is 6.42 Å². The zero-order valence-electron chi connectivity index (χ0n) is 14.4. The van der Waals surface area contributed by atoms with Crippen molar-refractivity contribution in [3.63, 3.8) is 0 Å².